The summed E-state index contributed by atoms with van der Waals surface area (Å²) in [7, 11) is 0. The summed E-state index contributed by atoms with van der Waals surface area (Å²) in [5.41, 5.74) is -0.871. The van der Waals surface area contributed by atoms with E-state index in [4.69, 9.17) is 16.3 Å². The number of piperidine rings is 1. The number of anilines is 1. The highest BCUT2D eigenvalue weighted by molar-refractivity contribution is 6.31. The molecule has 8 atom stereocenters. The number of nitrogens with zero attached hydrogens (tertiary/aromatic N) is 2. The van der Waals surface area contributed by atoms with Crippen molar-refractivity contribution in [2.45, 2.75) is 76.2 Å². The SMILES string of the molecule is C[C@@H]1[C@H](C)CCC[C@@H]1NC(=O)[C@@H]1N(CCN2CCCCC2)C(=O)[C@@H]2[C@@H](C(=O)Nc3ccc(F)c(Cl)c3)[C@@H]3C=C[C@]21O3. The van der Waals surface area contributed by atoms with Crippen LogP contribution < -0.4 is 10.6 Å². The van der Waals surface area contributed by atoms with E-state index in [9.17, 15) is 18.8 Å². The monoisotopic (exact) mass is 586 g/mol. The number of nitrogens with one attached hydrogen (secondary N) is 2. The molecule has 5 aliphatic rings. The first-order valence-corrected chi connectivity index (χ1v) is 15.5. The van der Waals surface area contributed by atoms with Gasteiger partial charge in [-0.05, 0) is 62.4 Å². The Morgan fingerprint density at radius 1 is 1.10 bits per heavy atom. The molecule has 10 heteroatoms. The molecule has 6 rings (SSSR count). The Balaban J connectivity index is 1.27. The molecule has 1 saturated carbocycles. The van der Waals surface area contributed by atoms with E-state index in [2.05, 4.69) is 29.4 Å². The van der Waals surface area contributed by atoms with Crippen molar-refractivity contribution in [3.63, 3.8) is 0 Å². The molecule has 222 valence electrons. The number of hydrogen-bond donors (Lipinski definition) is 2. The number of rotatable bonds is 7. The van der Waals surface area contributed by atoms with Crippen LogP contribution in [0.5, 0.6) is 0 Å². The molecular formula is C31H40ClFN4O4. The summed E-state index contributed by atoms with van der Waals surface area (Å²) in [4.78, 5) is 46.0. The summed E-state index contributed by atoms with van der Waals surface area (Å²) in [6, 6.07) is 3.15. The van der Waals surface area contributed by atoms with Crippen molar-refractivity contribution >= 4 is 35.0 Å². The second-order valence-corrected chi connectivity index (χ2v) is 13.0. The zero-order valence-corrected chi connectivity index (χ0v) is 24.5. The van der Waals surface area contributed by atoms with Crippen LogP contribution in [0.1, 0.15) is 52.4 Å². The van der Waals surface area contributed by atoms with Crippen molar-refractivity contribution in [2.75, 3.05) is 31.5 Å². The van der Waals surface area contributed by atoms with Crippen LogP contribution in [0.2, 0.25) is 5.02 Å². The van der Waals surface area contributed by atoms with Gasteiger partial charge in [0.2, 0.25) is 17.7 Å². The molecule has 4 heterocycles. The maximum Gasteiger partial charge on any atom is 0.246 e. The molecule has 1 aliphatic carbocycles. The number of carbonyl (C=O) groups is 3. The number of benzene rings is 1. The highest BCUT2D eigenvalue weighted by atomic mass is 35.5. The molecular weight excluding hydrogens is 547 g/mol. The number of hydrogen-bond acceptors (Lipinski definition) is 5. The first-order chi connectivity index (χ1) is 19.7. The molecule has 41 heavy (non-hydrogen) atoms. The minimum absolute atomic E-state index is 0.0330. The summed E-state index contributed by atoms with van der Waals surface area (Å²) < 4.78 is 20.2. The molecule has 1 spiro atoms. The normalized spacial score (nSPS) is 36.4. The Labute approximate surface area is 246 Å². The van der Waals surface area contributed by atoms with E-state index in [1.54, 1.807) is 4.90 Å². The lowest BCUT2D eigenvalue weighted by atomic mass is 9.73. The lowest BCUT2D eigenvalue weighted by Gasteiger charge is -2.38. The minimum atomic E-state index is -1.21. The molecule has 0 unspecified atom stereocenters. The van der Waals surface area contributed by atoms with Gasteiger partial charge < -0.3 is 25.2 Å². The molecule has 0 radical (unpaired) electrons. The predicted octanol–water partition coefficient (Wildman–Crippen LogP) is 4.00. The standard InChI is InChI=1S/C31H40ClFN4O4/c1-18-7-6-8-23(19(18)2)35-29(39)27-31-12-11-24(41-31)25(28(38)34-20-9-10-22(33)21(32)17-20)26(31)30(40)37(27)16-15-36-13-4-3-5-14-36/h9-12,17-19,23-27H,3-8,13-16H2,1-2H3,(H,34,38)(H,35,39)/t18-,19-,23+,24+,25+,26+,27+,31+/m1/s1. The fourth-order valence-electron chi connectivity index (χ4n) is 7.79. The molecule has 4 aliphatic heterocycles. The maximum atomic E-state index is 14.2. The fourth-order valence-corrected chi connectivity index (χ4v) is 7.97. The topological polar surface area (TPSA) is 91.0 Å². The van der Waals surface area contributed by atoms with E-state index in [0.717, 1.165) is 45.2 Å². The first kappa shape index (κ1) is 28.6. The van der Waals surface area contributed by atoms with Crippen LogP contribution in [-0.4, -0.2) is 77.5 Å². The van der Waals surface area contributed by atoms with Crippen LogP contribution in [0.3, 0.4) is 0 Å². The van der Waals surface area contributed by atoms with Gasteiger partial charge in [0.25, 0.3) is 0 Å². The van der Waals surface area contributed by atoms with E-state index in [1.165, 1.54) is 24.6 Å². The van der Waals surface area contributed by atoms with Crippen LogP contribution >= 0.6 is 11.6 Å². The molecule has 2 N–H and O–H groups in total. The zero-order valence-electron chi connectivity index (χ0n) is 23.8. The lowest BCUT2D eigenvalue weighted by molar-refractivity contribution is -0.142. The average molecular weight is 587 g/mol. The Bertz CT molecular complexity index is 1240. The highest BCUT2D eigenvalue weighted by Crippen LogP contribution is 2.55. The Morgan fingerprint density at radius 3 is 2.63 bits per heavy atom. The summed E-state index contributed by atoms with van der Waals surface area (Å²) in [5, 5.41) is 6.00. The van der Waals surface area contributed by atoms with Crippen molar-refractivity contribution < 1.29 is 23.5 Å². The Morgan fingerprint density at radius 2 is 1.88 bits per heavy atom. The quantitative estimate of drug-likeness (QED) is 0.472. The summed E-state index contributed by atoms with van der Waals surface area (Å²) >= 11 is 5.93. The fraction of sp³-hybridized carbons (Fsp3) is 0.645. The van der Waals surface area contributed by atoms with Crippen LogP contribution in [-0.2, 0) is 19.1 Å². The van der Waals surface area contributed by atoms with Gasteiger partial charge in [-0.1, -0.05) is 56.9 Å². The zero-order chi connectivity index (χ0) is 28.9. The van der Waals surface area contributed by atoms with Gasteiger partial charge >= 0.3 is 0 Å². The van der Waals surface area contributed by atoms with E-state index >= 15 is 0 Å². The third kappa shape index (κ3) is 5.08. The second kappa shape index (κ2) is 11.3. The van der Waals surface area contributed by atoms with Gasteiger partial charge in [-0.3, -0.25) is 14.4 Å². The number of halogens is 2. The summed E-state index contributed by atoms with van der Waals surface area (Å²) in [6.07, 6.45) is 9.61. The van der Waals surface area contributed by atoms with Crippen molar-refractivity contribution in [3.05, 3.63) is 41.2 Å². The van der Waals surface area contributed by atoms with Crippen LogP contribution in [0.25, 0.3) is 0 Å². The largest absolute Gasteiger partial charge is 0.359 e. The summed E-state index contributed by atoms with van der Waals surface area (Å²) in [5.74, 6) is -2.23. The number of carbonyl (C=O) groups excluding carboxylic acids is 3. The number of amides is 3. The highest BCUT2D eigenvalue weighted by Gasteiger charge is 2.72. The number of ether oxygens (including phenoxy) is 1. The third-order valence-electron chi connectivity index (χ3n) is 10.3. The third-order valence-corrected chi connectivity index (χ3v) is 10.5. The van der Waals surface area contributed by atoms with Gasteiger partial charge in [-0.2, -0.15) is 0 Å². The van der Waals surface area contributed by atoms with E-state index in [-0.39, 0.29) is 22.9 Å². The Kier molecular flexibility index (Phi) is 7.89. The van der Waals surface area contributed by atoms with Crippen LogP contribution in [0.4, 0.5) is 10.1 Å². The Hall–Kier alpha value is -2.49. The van der Waals surface area contributed by atoms with Gasteiger partial charge in [0.1, 0.15) is 17.5 Å². The van der Waals surface area contributed by atoms with Crippen molar-refractivity contribution in [2.24, 2.45) is 23.7 Å². The van der Waals surface area contributed by atoms with Gasteiger partial charge in [-0.15, -0.1) is 0 Å². The number of fused-ring (bicyclic) bond motifs is 1. The maximum absolute atomic E-state index is 14.2. The van der Waals surface area contributed by atoms with Crippen molar-refractivity contribution in [3.8, 4) is 0 Å². The molecule has 1 aromatic carbocycles. The molecule has 4 fully saturated rings. The molecule has 3 saturated heterocycles. The smallest absolute Gasteiger partial charge is 0.246 e. The lowest BCUT2D eigenvalue weighted by Crippen LogP contribution is -2.58. The molecule has 0 aromatic heterocycles. The predicted molar refractivity (Wildman–Crippen MR) is 154 cm³/mol. The van der Waals surface area contributed by atoms with E-state index in [1.807, 2.05) is 12.2 Å². The van der Waals surface area contributed by atoms with Gasteiger partial charge in [0, 0.05) is 24.8 Å². The van der Waals surface area contributed by atoms with Crippen molar-refractivity contribution in [1.29, 1.82) is 0 Å². The van der Waals surface area contributed by atoms with Gasteiger partial charge in [-0.25, -0.2) is 4.39 Å². The van der Waals surface area contributed by atoms with Gasteiger partial charge in [0.05, 0.1) is 23.0 Å². The minimum Gasteiger partial charge on any atom is -0.359 e. The summed E-state index contributed by atoms with van der Waals surface area (Å²) in [6.45, 7) is 7.44. The second-order valence-electron chi connectivity index (χ2n) is 12.6. The first-order valence-electron chi connectivity index (χ1n) is 15.2. The van der Waals surface area contributed by atoms with E-state index in [0.29, 0.717) is 30.6 Å². The molecule has 1 aromatic rings. The van der Waals surface area contributed by atoms with Crippen molar-refractivity contribution in [1.82, 2.24) is 15.1 Å². The van der Waals surface area contributed by atoms with Crippen LogP contribution in [0.15, 0.2) is 30.4 Å². The average Bonchev–Trinajstić information content (AvgIpc) is 3.60. The number of likely N-dealkylation sites (tertiary alicyclic amines) is 2. The van der Waals surface area contributed by atoms with Gasteiger partial charge in [0.15, 0.2) is 0 Å². The van der Waals surface area contributed by atoms with Crippen LogP contribution in [0, 0.1) is 29.5 Å². The molecule has 2 bridgehead atoms. The molecule has 3 amide bonds. The van der Waals surface area contributed by atoms with E-state index < -0.39 is 41.3 Å². The molecule has 8 nitrogen and oxygen atoms in total.